The Bertz CT molecular complexity index is 498. The van der Waals surface area contributed by atoms with Gasteiger partial charge in [-0.2, -0.15) is 0 Å². The van der Waals surface area contributed by atoms with E-state index in [1.54, 1.807) is 11.1 Å². The second-order valence-corrected chi connectivity index (χ2v) is 7.14. The molecule has 0 amide bonds. The van der Waals surface area contributed by atoms with Crippen LogP contribution in [0.2, 0.25) is 0 Å². The largest absolute Gasteiger partial charge is 0.316 e. The molecule has 2 heterocycles. The van der Waals surface area contributed by atoms with Gasteiger partial charge in [0.25, 0.3) is 0 Å². The molecule has 20 heavy (non-hydrogen) atoms. The maximum absolute atomic E-state index is 3.58. The predicted molar refractivity (Wildman–Crippen MR) is 82.8 cm³/mol. The van der Waals surface area contributed by atoms with E-state index in [1.807, 2.05) is 0 Å². The molecule has 108 valence electrons. The van der Waals surface area contributed by atoms with Gasteiger partial charge in [0.2, 0.25) is 0 Å². The number of fused-ring (bicyclic) bond motifs is 2. The third-order valence-electron chi connectivity index (χ3n) is 6.14. The highest BCUT2D eigenvalue weighted by molar-refractivity contribution is 5.35. The highest BCUT2D eigenvalue weighted by Gasteiger charge is 2.45. The Balaban J connectivity index is 1.65. The van der Waals surface area contributed by atoms with E-state index in [1.165, 1.54) is 32.5 Å². The Kier molecular flexibility index (Phi) is 3.12. The second-order valence-electron chi connectivity index (χ2n) is 7.14. The second kappa shape index (κ2) is 4.85. The van der Waals surface area contributed by atoms with Gasteiger partial charge in [-0.1, -0.05) is 31.2 Å². The van der Waals surface area contributed by atoms with E-state index in [0.717, 1.165) is 23.8 Å². The molecule has 1 aromatic rings. The smallest absolute Gasteiger partial charge is 0.0354 e. The van der Waals surface area contributed by atoms with Crippen molar-refractivity contribution >= 4 is 0 Å². The van der Waals surface area contributed by atoms with Crippen LogP contribution in [0.25, 0.3) is 0 Å². The molecule has 0 aromatic heterocycles. The first-order chi connectivity index (χ1) is 9.75. The third-order valence-corrected chi connectivity index (χ3v) is 6.14. The van der Waals surface area contributed by atoms with Crippen molar-refractivity contribution in [3.63, 3.8) is 0 Å². The summed E-state index contributed by atoms with van der Waals surface area (Å²) >= 11 is 0. The van der Waals surface area contributed by atoms with Gasteiger partial charge in [0, 0.05) is 18.6 Å². The van der Waals surface area contributed by atoms with Crippen LogP contribution in [0.15, 0.2) is 24.3 Å². The van der Waals surface area contributed by atoms with Crippen molar-refractivity contribution in [2.75, 3.05) is 19.6 Å². The minimum atomic E-state index is 0.669. The molecule has 2 aliphatic heterocycles. The van der Waals surface area contributed by atoms with Gasteiger partial charge >= 0.3 is 0 Å². The molecular formula is C18H26N2. The lowest BCUT2D eigenvalue weighted by molar-refractivity contribution is 0.151. The molecule has 0 spiro atoms. The normalized spacial score (nSPS) is 40.6. The molecule has 3 aliphatic rings. The average Bonchev–Trinajstić information content (AvgIpc) is 3.04. The zero-order valence-electron chi connectivity index (χ0n) is 12.7. The Hall–Kier alpha value is -0.860. The minimum Gasteiger partial charge on any atom is -0.316 e. The number of likely N-dealkylation sites (tertiary alicyclic amines) is 1. The van der Waals surface area contributed by atoms with Crippen molar-refractivity contribution in [1.29, 1.82) is 0 Å². The number of nitrogens with zero attached hydrogens (tertiary/aromatic N) is 1. The summed E-state index contributed by atoms with van der Waals surface area (Å²) in [5.74, 6) is 2.50. The van der Waals surface area contributed by atoms with Crippen LogP contribution in [-0.2, 0) is 0 Å². The van der Waals surface area contributed by atoms with Crippen LogP contribution in [0.4, 0.5) is 0 Å². The van der Waals surface area contributed by atoms with Crippen LogP contribution in [0.1, 0.15) is 49.8 Å². The Morgan fingerprint density at radius 3 is 2.65 bits per heavy atom. The predicted octanol–water partition coefficient (Wildman–Crippen LogP) is 3.16. The Morgan fingerprint density at radius 1 is 1.05 bits per heavy atom. The molecule has 1 aliphatic carbocycles. The van der Waals surface area contributed by atoms with Crippen LogP contribution >= 0.6 is 0 Å². The quantitative estimate of drug-likeness (QED) is 0.843. The van der Waals surface area contributed by atoms with Gasteiger partial charge in [-0.15, -0.1) is 0 Å². The summed E-state index contributed by atoms with van der Waals surface area (Å²) in [6.07, 6.45) is 2.69. The SMILES string of the molecule is CC1CCC(N2CC3CNCC3C2C)c2ccccc21. The van der Waals surface area contributed by atoms with Gasteiger partial charge in [0.15, 0.2) is 0 Å². The Morgan fingerprint density at radius 2 is 1.85 bits per heavy atom. The fourth-order valence-electron chi connectivity index (χ4n) is 4.94. The molecule has 4 rings (SSSR count). The van der Waals surface area contributed by atoms with E-state index in [9.17, 15) is 0 Å². The number of nitrogens with one attached hydrogen (secondary N) is 1. The number of rotatable bonds is 1. The lowest BCUT2D eigenvalue weighted by Gasteiger charge is -2.39. The van der Waals surface area contributed by atoms with E-state index in [-0.39, 0.29) is 0 Å². The standard InChI is InChI=1S/C18H26N2/c1-12-7-8-18(16-6-4-3-5-15(12)16)20-11-14-9-19-10-17(14)13(20)2/h3-6,12-14,17-19H,7-11H2,1-2H3. The van der Waals surface area contributed by atoms with Gasteiger partial charge in [-0.25, -0.2) is 0 Å². The van der Waals surface area contributed by atoms with Crippen molar-refractivity contribution in [3.05, 3.63) is 35.4 Å². The molecule has 2 nitrogen and oxygen atoms in total. The van der Waals surface area contributed by atoms with Crippen LogP contribution in [0, 0.1) is 11.8 Å². The van der Waals surface area contributed by atoms with Gasteiger partial charge < -0.3 is 5.32 Å². The first-order valence-corrected chi connectivity index (χ1v) is 8.31. The summed E-state index contributed by atoms with van der Waals surface area (Å²) < 4.78 is 0. The van der Waals surface area contributed by atoms with E-state index in [2.05, 4.69) is 48.3 Å². The molecule has 2 saturated heterocycles. The van der Waals surface area contributed by atoms with E-state index >= 15 is 0 Å². The third kappa shape index (κ3) is 1.85. The number of hydrogen-bond donors (Lipinski definition) is 1. The van der Waals surface area contributed by atoms with Crippen molar-refractivity contribution in [1.82, 2.24) is 10.2 Å². The van der Waals surface area contributed by atoms with Crippen LogP contribution in [0.3, 0.4) is 0 Å². The van der Waals surface area contributed by atoms with E-state index in [0.29, 0.717) is 6.04 Å². The maximum Gasteiger partial charge on any atom is 0.0354 e. The van der Waals surface area contributed by atoms with Crippen molar-refractivity contribution in [3.8, 4) is 0 Å². The monoisotopic (exact) mass is 270 g/mol. The van der Waals surface area contributed by atoms with Crippen LogP contribution < -0.4 is 5.32 Å². The molecule has 5 unspecified atom stereocenters. The zero-order chi connectivity index (χ0) is 13.7. The average molecular weight is 270 g/mol. The molecule has 0 saturated carbocycles. The van der Waals surface area contributed by atoms with Crippen LogP contribution in [-0.4, -0.2) is 30.6 Å². The zero-order valence-corrected chi connectivity index (χ0v) is 12.7. The van der Waals surface area contributed by atoms with Crippen molar-refractivity contribution < 1.29 is 0 Å². The molecule has 0 bridgehead atoms. The fourth-order valence-corrected chi connectivity index (χ4v) is 4.94. The fraction of sp³-hybridized carbons (Fsp3) is 0.667. The molecule has 0 radical (unpaired) electrons. The summed E-state index contributed by atoms with van der Waals surface area (Å²) in [6.45, 7) is 8.61. The Labute approximate surface area is 122 Å². The lowest BCUT2D eigenvalue weighted by Crippen LogP contribution is -2.38. The summed E-state index contributed by atoms with van der Waals surface area (Å²) in [4.78, 5) is 2.82. The van der Waals surface area contributed by atoms with E-state index < -0.39 is 0 Å². The maximum atomic E-state index is 3.58. The lowest BCUT2D eigenvalue weighted by atomic mass is 9.80. The molecule has 2 heteroatoms. The van der Waals surface area contributed by atoms with Crippen molar-refractivity contribution in [2.24, 2.45) is 11.8 Å². The molecule has 2 fully saturated rings. The minimum absolute atomic E-state index is 0.669. The number of benzene rings is 1. The van der Waals surface area contributed by atoms with Gasteiger partial charge in [-0.3, -0.25) is 4.90 Å². The number of hydrogen-bond acceptors (Lipinski definition) is 2. The first kappa shape index (κ1) is 12.8. The van der Waals surface area contributed by atoms with Gasteiger partial charge in [0.05, 0.1) is 0 Å². The molecular weight excluding hydrogens is 244 g/mol. The molecule has 1 aromatic carbocycles. The summed E-state index contributed by atoms with van der Waals surface area (Å²) in [5, 5.41) is 3.58. The summed E-state index contributed by atoms with van der Waals surface area (Å²) in [7, 11) is 0. The van der Waals surface area contributed by atoms with Gasteiger partial charge in [-0.05, 0) is 61.7 Å². The molecule has 5 atom stereocenters. The summed E-state index contributed by atoms with van der Waals surface area (Å²) in [6, 6.07) is 10.6. The van der Waals surface area contributed by atoms with Gasteiger partial charge in [0.1, 0.15) is 0 Å². The summed E-state index contributed by atoms with van der Waals surface area (Å²) in [5.41, 5.74) is 3.22. The first-order valence-electron chi connectivity index (χ1n) is 8.31. The highest BCUT2D eigenvalue weighted by Crippen LogP contribution is 2.45. The van der Waals surface area contributed by atoms with Crippen molar-refractivity contribution in [2.45, 2.75) is 44.7 Å². The van der Waals surface area contributed by atoms with E-state index in [4.69, 9.17) is 0 Å². The molecule has 1 N–H and O–H groups in total. The van der Waals surface area contributed by atoms with Crippen LogP contribution in [0.5, 0.6) is 0 Å². The topological polar surface area (TPSA) is 15.3 Å². The highest BCUT2D eigenvalue weighted by atomic mass is 15.2.